The second-order valence-electron chi connectivity index (χ2n) is 5.02. The predicted molar refractivity (Wildman–Crippen MR) is 69.5 cm³/mol. The maximum Gasteiger partial charge on any atom is 0.159 e. The van der Waals surface area contributed by atoms with E-state index in [1.54, 1.807) is 0 Å². The Morgan fingerprint density at radius 1 is 1.26 bits per heavy atom. The molecule has 3 nitrogen and oxygen atoms in total. The first kappa shape index (κ1) is 14.4. The fourth-order valence-electron chi connectivity index (χ4n) is 2.53. The van der Waals surface area contributed by atoms with E-state index in [0.717, 1.165) is 18.6 Å². The fraction of sp³-hybridized carbons (Fsp3) is 0.538. The smallest absolute Gasteiger partial charge is 0.159 e. The Bertz CT molecular complexity index is 560. The summed E-state index contributed by atoms with van der Waals surface area (Å²) in [6, 6.07) is 2.97. The number of benzene rings is 1. The number of halogens is 2. The molecule has 1 fully saturated rings. The van der Waals surface area contributed by atoms with Crippen LogP contribution < -0.4 is 5.73 Å². The maximum atomic E-state index is 13.1. The first-order chi connectivity index (χ1) is 8.90. The molecule has 2 N–H and O–H groups in total. The summed E-state index contributed by atoms with van der Waals surface area (Å²) in [7, 11) is -3.15. The van der Waals surface area contributed by atoms with Gasteiger partial charge in [-0.25, -0.2) is 17.2 Å². The number of sulfone groups is 1. The van der Waals surface area contributed by atoms with Gasteiger partial charge in [-0.05, 0) is 37.0 Å². The number of rotatable bonds is 3. The van der Waals surface area contributed by atoms with Crippen molar-refractivity contribution < 1.29 is 17.2 Å². The standard InChI is InChI=1S/C13H17F2NO2S/c14-10-5-4-9(7-11(10)15)8-12(16)13-3-1-2-6-19(13,17)18/h4-5,7,12-13H,1-3,6,8,16H2. The average Bonchev–Trinajstić information content (AvgIpc) is 2.33. The summed E-state index contributed by atoms with van der Waals surface area (Å²) < 4.78 is 49.7. The molecule has 2 rings (SSSR count). The van der Waals surface area contributed by atoms with E-state index in [1.807, 2.05) is 0 Å². The Balaban J connectivity index is 2.11. The lowest BCUT2D eigenvalue weighted by molar-refractivity contribution is 0.489. The quantitative estimate of drug-likeness (QED) is 0.923. The number of nitrogens with two attached hydrogens (primary N) is 1. The van der Waals surface area contributed by atoms with Crippen molar-refractivity contribution >= 4 is 9.84 Å². The van der Waals surface area contributed by atoms with E-state index < -0.39 is 32.8 Å². The van der Waals surface area contributed by atoms with E-state index in [-0.39, 0.29) is 12.2 Å². The normalized spacial score (nSPS) is 24.1. The van der Waals surface area contributed by atoms with Crippen LogP contribution in [0.4, 0.5) is 8.78 Å². The lowest BCUT2D eigenvalue weighted by Crippen LogP contribution is -2.44. The minimum atomic E-state index is -3.15. The van der Waals surface area contributed by atoms with E-state index in [1.165, 1.54) is 6.07 Å². The second kappa shape index (κ2) is 5.54. The largest absolute Gasteiger partial charge is 0.326 e. The fourth-order valence-corrected chi connectivity index (χ4v) is 4.59. The summed E-state index contributed by atoms with van der Waals surface area (Å²) in [5.74, 6) is -1.68. The van der Waals surface area contributed by atoms with Gasteiger partial charge in [0, 0.05) is 6.04 Å². The van der Waals surface area contributed by atoms with Gasteiger partial charge in [0.25, 0.3) is 0 Å². The zero-order valence-electron chi connectivity index (χ0n) is 10.5. The highest BCUT2D eigenvalue weighted by Gasteiger charge is 2.33. The van der Waals surface area contributed by atoms with Gasteiger partial charge in [-0.3, -0.25) is 0 Å². The van der Waals surface area contributed by atoms with Gasteiger partial charge in [0.2, 0.25) is 0 Å². The van der Waals surface area contributed by atoms with Crippen molar-refractivity contribution in [3.63, 3.8) is 0 Å². The molecular formula is C13H17F2NO2S. The van der Waals surface area contributed by atoms with Gasteiger partial charge < -0.3 is 5.73 Å². The summed E-state index contributed by atoms with van der Waals surface area (Å²) in [5, 5.41) is -0.575. The molecule has 1 aliphatic heterocycles. The SMILES string of the molecule is NC(Cc1ccc(F)c(F)c1)C1CCCCS1(=O)=O. The van der Waals surface area contributed by atoms with Crippen LogP contribution in [0.1, 0.15) is 24.8 Å². The van der Waals surface area contributed by atoms with Crippen LogP contribution in [0, 0.1) is 11.6 Å². The Hall–Kier alpha value is -1.01. The van der Waals surface area contributed by atoms with Crippen molar-refractivity contribution in [2.75, 3.05) is 5.75 Å². The molecule has 0 amide bonds. The molecule has 0 radical (unpaired) electrons. The van der Waals surface area contributed by atoms with Gasteiger partial charge in [-0.1, -0.05) is 12.5 Å². The molecule has 19 heavy (non-hydrogen) atoms. The van der Waals surface area contributed by atoms with Gasteiger partial charge in [0.1, 0.15) is 0 Å². The van der Waals surface area contributed by atoms with Crippen LogP contribution in [-0.4, -0.2) is 25.5 Å². The molecule has 1 heterocycles. The molecule has 6 heteroatoms. The molecule has 0 spiro atoms. The lowest BCUT2D eigenvalue weighted by atomic mass is 10.0. The molecule has 1 aliphatic rings. The van der Waals surface area contributed by atoms with E-state index in [9.17, 15) is 17.2 Å². The number of hydrogen-bond donors (Lipinski definition) is 1. The first-order valence-electron chi connectivity index (χ1n) is 6.31. The van der Waals surface area contributed by atoms with Crippen molar-refractivity contribution in [2.24, 2.45) is 5.73 Å². The van der Waals surface area contributed by atoms with E-state index in [2.05, 4.69) is 0 Å². The summed E-state index contributed by atoms with van der Waals surface area (Å²) in [6.07, 6.45) is 2.31. The van der Waals surface area contributed by atoms with Crippen LogP contribution in [-0.2, 0) is 16.3 Å². The van der Waals surface area contributed by atoms with E-state index in [0.29, 0.717) is 18.4 Å². The molecule has 0 aliphatic carbocycles. The van der Waals surface area contributed by atoms with Crippen LogP contribution in [0.25, 0.3) is 0 Å². The van der Waals surface area contributed by atoms with E-state index in [4.69, 9.17) is 5.73 Å². The summed E-state index contributed by atoms with van der Waals surface area (Å²) >= 11 is 0. The van der Waals surface area contributed by atoms with Crippen LogP contribution in [0.3, 0.4) is 0 Å². The van der Waals surface area contributed by atoms with Crippen LogP contribution in [0.15, 0.2) is 18.2 Å². The van der Waals surface area contributed by atoms with Gasteiger partial charge in [-0.2, -0.15) is 0 Å². The zero-order valence-corrected chi connectivity index (χ0v) is 11.3. The van der Waals surface area contributed by atoms with Crippen molar-refractivity contribution in [1.29, 1.82) is 0 Å². The van der Waals surface area contributed by atoms with Crippen LogP contribution >= 0.6 is 0 Å². The van der Waals surface area contributed by atoms with Gasteiger partial charge in [0.05, 0.1) is 11.0 Å². The molecule has 1 aromatic carbocycles. The Labute approximate surface area is 111 Å². The minimum absolute atomic E-state index is 0.170. The second-order valence-corrected chi connectivity index (χ2v) is 7.36. The zero-order chi connectivity index (χ0) is 14.0. The van der Waals surface area contributed by atoms with Crippen molar-refractivity contribution in [2.45, 2.75) is 37.0 Å². The summed E-state index contributed by atoms with van der Waals surface area (Å²) in [5.41, 5.74) is 6.47. The van der Waals surface area contributed by atoms with Gasteiger partial charge >= 0.3 is 0 Å². The highest BCUT2D eigenvalue weighted by molar-refractivity contribution is 7.92. The summed E-state index contributed by atoms with van der Waals surface area (Å²) in [4.78, 5) is 0. The molecule has 2 atom stereocenters. The Morgan fingerprint density at radius 2 is 2.00 bits per heavy atom. The third-order valence-electron chi connectivity index (χ3n) is 3.56. The molecule has 0 bridgehead atoms. The van der Waals surface area contributed by atoms with Crippen molar-refractivity contribution in [1.82, 2.24) is 0 Å². The lowest BCUT2D eigenvalue weighted by Gasteiger charge is -2.27. The minimum Gasteiger partial charge on any atom is -0.326 e. The third kappa shape index (κ3) is 3.30. The molecule has 0 aromatic heterocycles. The monoisotopic (exact) mass is 289 g/mol. The van der Waals surface area contributed by atoms with E-state index >= 15 is 0 Å². The van der Waals surface area contributed by atoms with Crippen LogP contribution in [0.5, 0.6) is 0 Å². The van der Waals surface area contributed by atoms with Crippen molar-refractivity contribution in [3.8, 4) is 0 Å². The Kier molecular flexibility index (Phi) is 4.20. The molecular weight excluding hydrogens is 272 g/mol. The van der Waals surface area contributed by atoms with Gasteiger partial charge in [-0.15, -0.1) is 0 Å². The molecule has 0 saturated carbocycles. The van der Waals surface area contributed by atoms with Crippen molar-refractivity contribution in [3.05, 3.63) is 35.4 Å². The van der Waals surface area contributed by atoms with Crippen LogP contribution in [0.2, 0.25) is 0 Å². The molecule has 1 aromatic rings. The molecule has 2 unspecified atom stereocenters. The highest BCUT2D eigenvalue weighted by Crippen LogP contribution is 2.23. The first-order valence-corrected chi connectivity index (χ1v) is 8.03. The predicted octanol–water partition coefficient (Wildman–Crippen LogP) is 1.80. The Morgan fingerprint density at radius 3 is 2.63 bits per heavy atom. The topological polar surface area (TPSA) is 60.2 Å². The highest BCUT2D eigenvalue weighted by atomic mass is 32.2. The number of hydrogen-bond acceptors (Lipinski definition) is 3. The van der Waals surface area contributed by atoms with Gasteiger partial charge in [0.15, 0.2) is 21.5 Å². The molecule has 106 valence electrons. The maximum absolute atomic E-state index is 13.1. The summed E-state index contributed by atoms with van der Waals surface area (Å²) in [6.45, 7) is 0. The third-order valence-corrected chi connectivity index (χ3v) is 5.93. The molecule has 1 saturated heterocycles. The average molecular weight is 289 g/mol.